The smallest absolute Gasteiger partial charge is 0.147 e. The Bertz CT molecular complexity index is 869. The molecule has 0 saturated carbocycles. The lowest BCUT2D eigenvalue weighted by atomic mass is 9.90. The van der Waals surface area contributed by atoms with Crippen molar-refractivity contribution in [1.29, 1.82) is 5.26 Å². The number of aromatic amines is 1. The van der Waals surface area contributed by atoms with Gasteiger partial charge in [0.1, 0.15) is 22.1 Å². The van der Waals surface area contributed by atoms with Crippen molar-refractivity contribution >= 4 is 12.2 Å². The maximum Gasteiger partial charge on any atom is 0.147 e. The summed E-state index contributed by atoms with van der Waals surface area (Å²) in [6, 6.07) is 22.4. The number of H-pyrrole nitrogens is 1. The molecule has 0 unspecified atom stereocenters. The van der Waals surface area contributed by atoms with Gasteiger partial charge < -0.3 is 4.98 Å². The van der Waals surface area contributed by atoms with E-state index in [-0.39, 0.29) is 5.92 Å². The SMILES string of the molecule is Cc1[nH]c(C(c2ccccc2)c2ccccc2)nc(=S)c1C#N. The quantitative estimate of drug-likeness (QED) is 0.724. The van der Waals surface area contributed by atoms with Crippen LogP contribution < -0.4 is 0 Å². The summed E-state index contributed by atoms with van der Waals surface area (Å²) in [6.07, 6.45) is 0. The average molecular weight is 317 g/mol. The molecule has 0 aliphatic rings. The summed E-state index contributed by atoms with van der Waals surface area (Å²) in [7, 11) is 0. The molecule has 0 aliphatic carbocycles. The highest BCUT2D eigenvalue weighted by atomic mass is 32.1. The first kappa shape index (κ1) is 15.1. The van der Waals surface area contributed by atoms with Crippen molar-refractivity contribution in [3.05, 3.63) is 93.5 Å². The Morgan fingerprint density at radius 1 is 1.00 bits per heavy atom. The van der Waals surface area contributed by atoms with Crippen molar-refractivity contribution in [2.75, 3.05) is 0 Å². The molecule has 1 aromatic heterocycles. The molecule has 1 N–H and O–H groups in total. The highest BCUT2D eigenvalue weighted by Gasteiger charge is 2.20. The molecule has 2 aromatic carbocycles. The minimum absolute atomic E-state index is 0.0504. The standard InChI is InChI=1S/C19H15N3S/c1-13-16(12-20)19(23)22-18(21-13)17(14-8-4-2-5-9-14)15-10-6-3-7-11-15/h2-11,17H,1H3,(H,21,22,23). The summed E-state index contributed by atoms with van der Waals surface area (Å²) in [6.45, 7) is 1.85. The largest absolute Gasteiger partial charge is 0.345 e. The third kappa shape index (κ3) is 3.05. The molecule has 0 amide bonds. The predicted octanol–water partition coefficient (Wildman–Crippen LogP) is 4.50. The number of hydrogen-bond acceptors (Lipinski definition) is 3. The third-order valence-electron chi connectivity index (χ3n) is 3.78. The second kappa shape index (κ2) is 6.55. The lowest BCUT2D eigenvalue weighted by Crippen LogP contribution is -2.10. The van der Waals surface area contributed by atoms with Crippen LogP contribution in [0, 0.1) is 22.9 Å². The summed E-state index contributed by atoms with van der Waals surface area (Å²) in [5, 5.41) is 9.19. The minimum atomic E-state index is -0.0504. The second-order valence-corrected chi connectivity index (χ2v) is 5.68. The van der Waals surface area contributed by atoms with Crippen LogP contribution in [0.1, 0.15) is 34.1 Å². The van der Waals surface area contributed by atoms with Gasteiger partial charge in [-0.1, -0.05) is 72.9 Å². The van der Waals surface area contributed by atoms with Gasteiger partial charge in [0.15, 0.2) is 0 Å². The molecule has 23 heavy (non-hydrogen) atoms. The van der Waals surface area contributed by atoms with Crippen molar-refractivity contribution in [2.45, 2.75) is 12.8 Å². The molecule has 0 atom stereocenters. The summed E-state index contributed by atoms with van der Waals surface area (Å²) in [5.41, 5.74) is 3.44. The van der Waals surface area contributed by atoms with Crippen LogP contribution in [-0.4, -0.2) is 9.97 Å². The van der Waals surface area contributed by atoms with Crippen molar-refractivity contribution in [3.63, 3.8) is 0 Å². The normalized spacial score (nSPS) is 10.5. The number of aryl methyl sites for hydroxylation is 1. The van der Waals surface area contributed by atoms with Crippen LogP contribution in [0.25, 0.3) is 0 Å². The fraction of sp³-hybridized carbons (Fsp3) is 0.105. The molecule has 0 spiro atoms. The lowest BCUT2D eigenvalue weighted by Gasteiger charge is -2.18. The number of aromatic nitrogens is 2. The van der Waals surface area contributed by atoms with Crippen LogP contribution in [0.3, 0.4) is 0 Å². The van der Waals surface area contributed by atoms with Crippen molar-refractivity contribution in [2.24, 2.45) is 0 Å². The molecule has 0 fully saturated rings. The van der Waals surface area contributed by atoms with Gasteiger partial charge in [-0.25, -0.2) is 4.98 Å². The Hall–Kier alpha value is -2.77. The van der Waals surface area contributed by atoms with E-state index in [1.54, 1.807) is 0 Å². The fourth-order valence-electron chi connectivity index (χ4n) is 2.68. The maximum atomic E-state index is 9.19. The molecule has 3 nitrogen and oxygen atoms in total. The number of rotatable bonds is 3. The summed E-state index contributed by atoms with van der Waals surface area (Å²) in [4.78, 5) is 7.76. The van der Waals surface area contributed by atoms with Gasteiger partial charge in [-0.3, -0.25) is 0 Å². The minimum Gasteiger partial charge on any atom is -0.345 e. The van der Waals surface area contributed by atoms with Crippen LogP contribution in [0.5, 0.6) is 0 Å². The Morgan fingerprint density at radius 3 is 1.96 bits per heavy atom. The first-order valence-electron chi connectivity index (χ1n) is 7.31. The van der Waals surface area contributed by atoms with Gasteiger partial charge in [-0.05, 0) is 18.1 Å². The van der Waals surface area contributed by atoms with Gasteiger partial charge >= 0.3 is 0 Å². The van der Waals surface area contributed by atoms with Crippen molar-refractivity contribution < 1.29 is 0 Å². The second-order valence-electron chi connectivity index (χ2n) is 5.29. The maximum absolute atomic E-state index is 9.19. The summed E-state index contributed by atoms with van der Waals surface area (Å²) < 4.78 is 0.343. The highest BCUT2D eigenvalue weighted by Crippen LogP contribution is 2.29. The zero-order chi connectivity index (χ0) is 16.2. The van der Waals surface area contributed by atoms with Gasteiger partial charge in [0.2, 0.25) is 0 Å². The Kier molecular flexibility index (Phi) is 4.31. The van der Waals surface area contributed by atoms with Gasteiger partial charge in [-0.2, -0.15) is 5.26 Å². The van der Waals surface area contributed by atoms with Crippen LogP contribution >= 0.6 is 12.2 Å². The fourth-order valence-corrected chi connectivity index (χ4v) is 2.97. The molecular formula is C19H15N3S. The van der Waals surface area contributed by atoms with Crippen molar-refractivity contribution in [3.8, 4) is 6.07 Å². The van der Waals surface area contributed by atoms with Gasteiger partial charge in [0.25, 0.3) is 0 Å². The first-order chi connectivity index (χ1) is 11.2. The molecule has 0 bridgehead atoms. The van der Waals surface area contributed by atoms with Crippen LogP contribution in [0.15, 0.2) is 60.7 Å². The molecule has 0 aliphatic heterocycles. The van der Waals surface area contributed by atoms with Crippen molar-refractivity contribution in [1.82, 2.24) is 9.97 Å². The number of benzene rings is 2. The first-order valence-corrected chi connectivity index (χ1v) is 7.72. The Labute approximate surface area is 140 Å². The molecule has 1 heterocycles. The molecule has 112 valence electrons. The van der Waals surface area contributed by atoms with E-state index >= 15 is 0 Å². The van der Waals surface area contributed by atoms with Crippen LogP contribution in [-0.2, 0) is 0 Å². The van der Waals surface area contributed by atoms with Crippen LogP contribution in [0.2, 0.25) is 0 Å². The van der Waals surface area contributed by atoms with Gasteiger partial charge in [0, 0.05) is 5.69 Å². The molecular weight excluding hydrogens is 302 g/mol. The average Bonchev–Trinajstić information content (AvgIpc) is 2.57. The van der Waals surface area contributed by atoms with Gasteiger partial charge in [-0.15, -0.1) is 0 Å². The zero-order valence-electron chi connectivity index (χ0n) is 12.7. The van der Waals surface area contributed by atoms with E-state index < -0.39 is 0 Å². The Balaban J connectivity index is 2.22. The molecule has 0 saturated heterocycles. The summed E-state index contributed by atoms with van der Waals surface area (Å²) >= 11 is 5.29. The van der Waals surface area contributed by atoms with E-state index in [2.05, 4.69) is 40.3 Å². The monoisotopic (exact) mass is 317 g/mol. The zero-order valence-corrected chi connectivity index (χ0v) is 13.5. The number of hydrogen-bond donors (Lipinski definition) is 1. The third-order valence-corrected chi connectivity index (χ3v) is 4.07. The summed E-state index contributed by atoms with van der Waals surface area (Å²) in [5.74, 6) is 0.703. The van der Waals surface area contributed by atoms with Crippen LogP contribution in [0.4, 0.5) is 0 Å². The number of nitrogens with one attached hydrogen (secondary N) is 1. The molecule has 0 radical (unpaired) electrons. The highest BCUT2D eigenvalue weighted by molar-refractivity contribution is 7.71. The Morgan fingerprint density at radius 2 is 1.52 bits per heavy atom. The van der Waals surface area contributed by atoms with E-state index in [1.807, 2.05) is 43.3 Å². The molecule has 4 heteroatoms. The lowest BCUT2D eigenvalue weighted by molar-refractivity contribution is 0.834. The number of nitrogens with zero attached hydrogens (tertiary/aromatic N) is 2. The topological polar surface area (TPSA) is 52.5 Å². The predicted molar refractivity (Wildman–Crippen MR) is 92.7 cm³/mol. The molecule has 3 aromatic rings. The van der Waals surface area contributed by atoms with Gasteiger partial charge in [0.05, 0.1) is 5.92 Å². The van der Waals surface area contributed by atoms with E-state index in [9.17, 15) is 5.26 Å². The van der Waals surface area contributed by atoms with E-state index in [0.29, 0.717) is 10.2 Å². The van der Waals surface area contributed by atoms with E-state index in [0.717, 1.165) is 22.6 Å². The number of nitriles is 1. The molecule has 3 rings (SSSR count). The van der Waals surface area contributed by atoms with E-state index in [4.69, 9.17) is 12.2 Å². The van der Waals surface area contributed by atoms with E-state index in [1.165, 1.54) is 0 Å².